The molecule has 1 unspecified atom stereocenters. The topological polar surface area (TPSA) is 69.3 Å². The van der Waals surface area contributed by atoms with Crippen molar-refractivity contribution in [2.75, 3.05) is 54.6 Å². The lowest BCUT2D eigenvalue weighted by Crippen LogP contribution is -2.34. The first-order chi connectivity index (χ1) is 15.6. The van der Waals surface area contributed by atoms with Crippen LogP contribution in [-0.4, -0.2) is 65.4 Å². The highest BCUT2D eigenvalue weighted by Gasteiger charge is 2.27. The van der Waals surface area contributed by atoms with Crippen molar-refractivity contribution in [2.45, 2.75) is 19.3 Å². The number of amides is 1. The SMILES string of the molecule is COc1ccc(CCNC(=O)C2CCN(CCc3ccc(OC)c(OC)c3)C2)cc1OC. The number of nitrogens with one attached hydrogen (secondary N) is 1. The predicted octanol–water partition coefficient (Wildman–Crippen LogP) is 2.94. The summed E-state index contributed by atoms with van der Waals surface area (Å²) in [6.45, 7) is 3.28. The summed E-state index contributed by atoms with van der Waals surface area (Å²) in [5.74, 6) is 3.09. The Balaban J connectivity index is 1.42. The number of hydrogen-bond donors (Lipinski definition) is 1. The minimum Gasteiger partial charge on any atom is -0.493 e. The third kappa shape index (κ3) is 6.07. The van der Waals surface area contributed by atoms with E-state index in [1.165, 1.54) is 5.56 Å². The fourth-order valence-corrected chi connectivity index (χ4v) is 4.08. The van der Waals surface area contributed by atoms with Gasteiger partial charge in [0, 0.05) is 19.6 Å². The fraction of sp³-hybridized carbons (Fsp3) is 0.480. The van der Waals surface area contributed by atoms with Crippen molar-refractivity contribution >= 4 is 5.91 Å². The van der Waals surface area contributed by atoms with Crippen molar-refractivity contribution in [2.24, 2.45) is 5.92 Å². The predicted molar refractivity (Wildman–Crippen MR) is 124 cm³/mol. The molecule has 0 bridgehead atoms. The quantitative estimate of drug-likeness (QED) is 0.577. The van der Waals surface area contributed by atoms with Crippen LogP contribution in [0.1, 0.15) is 17.5 Å². The van der Waals surface area contributed by atoms with Gasteiger partial charge in [0.05, 0.1) is 34.4 Å². The van der Waals surface area contributed by atoms with E-state index in [2.05, 4.69) is 16.3 Å². The van der Waals surface area contributed by atoms with Gasteiger partial charge in [-0.25, -0.2) is 0 Å². The van der Waals surface area contributed by atoms with Crippen LogP contribution in [-0.2, 0) is 17.6 Å². The Bertz CT molecular complexity index is 902. The van der Waals surface area contributed by atoms with E-state index in [1.54, 1.807) is 28.4 Å². The molecule has 0 spiro atoms. The molecule has 0 radical (unpaired) electrons. The molecule has 1 amide bonds. The van der Waals surface area contributed by atoms with E-state index in [1.807, 2.05) is 30.3 Å². The number of carbonyl (C=O) groups excluding carboxylic acids is 1. The van der Waals surface area contributed by atoms with E-state index in [-0.39, 0.29) is 11.8 Å². The molecule has 7 nitrogen and oxygen atoms in total. The first kappa shape index (κ1) is 23.7. The number of benzene rings is 2. The van der Waals surface area contributed by atoms with E-state index in [0.717, 1.165) is 56.0 Å². The molecular weight excluding hydrogens is 408 g/mol. The Morgan fingerprint density at radius 2 is 1.44 bits per heavy atom. The molecule has 1 aliphatic heterocycles. The summed E-state index contributed by atoms with van der Waals surface area (Å²) >= 11 is 0. The molecular formula is C25H34N2O5. The van der Waals surface area contributed by atoms with Gasteiger partial charge in [-0.2, -0.15) is 0 Å². The van der Waals surface area contributed by atoms with Crippen LogP contribution >= 0.6 is 0 Å². The maximum absolute atomic E-state index is 12.6. The fourth-order valence-electron chi connectivity index (χ4n) is 4.08. The van der Waals surface area contributed by atoms with E-state index < -0.39 is 0 Å². The maximum atomic E-state index is 12.6. The first-order valence-corrected chi connectivity index (χ1v) is 11.0. The summed E-state index contributed by atoms with van der Waals surface area (Å²) < 4.78 is 21.3. The Hall–Kier alpha value is -2.93. The van der Waals surface area contributed by atoms with Crippen molar-refractivity contribution in [1.82, 2.24) is 10.2 Å². The van der Waals surface area contributed by atoms with Crippen LogP contribution in [0, 0.1) is 5.92 Å². The number of rotatable bonds is 11. The summed E-state index contributed by atoms with van der Waals surface area (Å²) in [7, 11) is 6.54. The highest BCUT2D eigenvalue weighted by molar-refractivity contribution is 5.79. The van der Waals surface area contributed by atoms with Crippen molar-refractivity contribution in [1.29, 1.82) is 0 Å². The van der Waals surface area contributed by atoms with Crippen LogP contribution in [0.2, 0.25) is 0 Å². The molecule has 0 saturated carbocycles. The summed E-state index contributed by atoms with van der Waals surface area (Å²) in [5.41, 5.74) is 2.30. The summed E-state index contributed by atoms with van der Waals surface area (Å²) in [4.78, 5) is 15.0. The second-order valence-corrected chi connectivity index (χ2v) is 7.96. The molecule has 1 fully saturated rings. The van der Waals surface area contributed by atoms with Crippen LogP contribution in [0.15, 0.2) is 36.4 Å². The normalized spacial score (nSPS) is 15.9. The molecule has 32 heavy (non-hydrogen) atoms. The third-order valence-corrected chi connectivity index (χ3v) is 5.97. The first-order valence-electron chi connectivity index (χ1n) is 11.0. The molecule has 174 valence electrons. The molecule has 1 saturated heterocycles. The minimum absolute atomic E-state index is 0.0470. The third-order valence-electron chi connectivity index (χ3n) is 5.97. The smallest absolute Gasteiger partial charge is 0.224 e. The zero-order valence-electron chi connectivity index (χ0n) is 19.5. The molecule has 1 heterocycles. The molecule has 7 heteroatoms. The average molecular weight is 443 g/mol. The van der Waals surface area contributed by atoms with Gasteiger partial charge in [-0.3, -0.25) is 4.79 Å². The van der Waals surface area contributed by atoms with Gasteiger partial charge in [-0.15, -0.1) is 0 Å². The lowest BCUT2D eigenvalue weighted by molar-refractivity contribution is -0.124. The second-order valence-electron chi connectivity index (χ2n) is 7.96. The number of carbonyl (C=O) groups is 1. The van der Waals surface area contributed by atoms with Crippen LogP contribution in [0.3, 0.4) is 0 Å². The molecule has 1 aliphatic rings. The summed E-state index contributed by atoms with van der Waals surface area (Å²) in [6.07, 6.45) is 2.56. The van der Waals surface area contributed by atoms with Crippen LogP contribution in [0.5, 0.6) is 23.0 Å². The largest absolute Gasteiger partial charge is 0.493 e. The van der Waals surface area contributed by atoms with E-state index in [9.17, 15) is 4.79 Å². The van der Waals surface area contributed by atoms with Crippen molar-refractivity contribution in [3.63, 3.8) is 0 Å². The van der Waals surface area contributed by atoms with Gasteiger partial charge in [0.25, 0.3) is 0 Å². The van der Waals surface area contributed by atoms with Crippen molar-refractivity contribution in [3.8, 4) is 23.0 Å². The van der Waals surface area contributed by atoms with Crippen molar-refractivity contribution < 1.29 is 23.7 Å². The van der Waals surface area contributed by atoms with Gasteiger partial charge in [0.15, 0.2) is 23.0 Å². The molecule has 2 aromatic carbocycles. The number of likely N-dealkylation sites (tertiary alicyclic amines) is 1. The Labute approximate surface area is 190 Å². The van der Waals surface area contributed by atoms with Crippen LogP contribution in [0.4, 0.5) is 0 Å². The molecule has 3 rings (SSSR count). The van der Waals surface area contributed by atoms with Gasteiger partial charge in [0.1, 0.15) is 0 Å². The van der Waals surface area contributed by atoms with Gasteiger partial charge < -0.3 is 29.2 Å². The van der Waals surface area contributed by atoms with E-state index in [0.29, 0.717) is 18.0 Å². The number of methoxy groups -OCH3 is 4. The van der Waals surface area contributed by atoms with Gasteiger partial charge >= 0.3 is 0 Å². The zero-order valence-corrected chi connectivity index (χ0v) is 19.5. The number of hydrogen-bond acceptors (Lipinski definition) is 6. The number of nitrogens with zero attached hydrogens (tertiary/aromatic N) is 1. The van der Waals surface area contributed by atoms with Gasteiger partial charge in [-0.1, -0.05) is 12.1 Å². The molecule has 2 aromatic rings. The second kappa shape index (κ2) is 11.6. The molecule has 1 N–H and O–H groups in total. The van der Waals surface area contributed by atoms with Gasteiger partial charge in [0.2, 0.25) is 5.91 Å². The summed E-state index contributed by atoms with van der Waals surface area (Å²) in [6, 6.07) is 11.9. The lowest BCUT2D eigenvalue weighted by Gasteiger charge is -2.17. The standard InChI is InChI=1S/C25H34N2O5/c1-29-21-7-5-18(15-23(21)31-3)9-12-26-25(28)20-11-14-27(17-20)13-10-19-6-8-22(30-2)24(16-19)32-4/h5-8,15-16,20H,9-14,17H2,1-4H3,(H,26,28). The Kier molecular flexibility index (Phi) is 8.62. The van der Waals surface area contributed by atoms with E-state index >= 15 is 0 Å². The molecule has 0 aromatic heterocycles. The highest BCUT2D eigenvalue weighted by Crippen LogP contribution is 2.29. The van der Waals surface area contributed by atoms with Crippen LogP contribution in [0.25, 0.3) is 0 Å². The summed E-state index contributed by atoms with van der Waals surface area (Å²) in [5, 5.41) is 3.09. The molecule has 1 atom stereocenters. The minimum atomic E-state index is 0.0470. The maximum Gasteiger partial charge on any atom is 0.224 e. The lowest BCUT2D eigenvalue weighted by atomic mass is 10.1. The van der Waals surface area contributed by atoms with Crippen LogP contribution < -0.4 is 24.3 Å². The molecule has 0 aliphatic carbocycles. The van der Waals surface area contributed by atoms with E-state index in [4.69, 9.17) is 18.9 Å². The monoisotopic (exact) mass is 442 g/mol. The zero-order chi connectivity index (χ0) is 22.9. The Morgan fingerprint density at radius 1 is 0.875 bits per heavy atom. The average Bonchev–Trinajstić information content (AvgIpc) is 3.31. The van der Waals surface area contributed by atoms with Gasteiger partial charge in [-0.05, 0) is 61.2 Å². The number of ether oxygens (including phenoxy) is 4. The Morgan fingerprint density at radius 3 is 2.00 bits per heavy atom. The highest BCUT2D eigenvalue weighted by atomic mass is 16.5. The van der Waals surface area contributed by atoms with Crippen molar-refractivity contribution in [3.05, 3.63) is 47.5 Å².